The molecule has 4 nitrogen and oxygen atoms in total. The van der Waals surface area contributed by atoms with Crippen LogP contribution in [0.25, 0.3) is 0 Å². The van der Waals surface area contributed by atoms with E-state index in [1.54, 1.807) is 26.0 Å². The van der Waals surface area contributed by atoms with Crippen molar-refractivity contribution in [2.24, 2.45) is 11.1 Å². The third-order valence-corrected chi connectivity index (χ3v) is 2.77. The molecule has 0 saturated carbocycles. The number of rotatable bonds is 3. The molecule has 0 unspecified atom stereocenters. The minimum absolute atomic E-state index is 0.0929. The van der Waals surface area contributed by atoms with Gasteiger partial charge in [0.2, 0.25) is 0 Å². The lowest BCUT2D eigenvalue weighted by atomic mass is 9.81. The van der Waals surface area contributed by atoms with E-state index >= 15 is 0 Å². The molecule has 0 bridgehead atoms. The fraction of sp³-hybridized carbons (Fsp3) is 0.417. The smallest absolute Gasteiger partial charge is 0.138 e. The normalized spacial score (nSPS) is 13.2. The summed E-state index contributed by atoms with van der Waals surface area (Å²) in [7, 11) is 0. The van der Waals surface area contributed by atoms with Crippen molar-refractivity contribution in [3.8, 4) is 11.8 Å². The van der Waals surface area contributed by atoms with Gasteiger partial charge in [0.25, 0.3) is 0 Å². The van der Waals surface area contributed by atoms with Crippen molar-refractivity contribution in [3.63, 3.8) is 0 Å². The summed E-state index contributed by atoms with van der Waals surface area (Å²) in [6, 6.07) is 6.23. The van der Waals surface area contributed by atoms with Crippen LogP contribution in [-0.2, 0) is 0 Å². The first kappa shape index (κ1) is 12.5. The number of hydrogen-bond acceptors (Lipinski definition) is 4. The molecule has 16 heavy (non-hydrogen) atoms. The largest absolute Gasteiger partial charge is 0.506 e. The standard InChI is InChI=1S/C12H16N2O2/c1-12(2,7-15)11(14)9-5-3-4-8(6-13)10(9)16/h3-5,11,15-16H,7,14H2,1-2H3/t11-/m0/s1. The molecule has 1 aromatic carbocycles. The zero-order valence-electron chi connectivity index (χ0n) is 9.44. The highest BCUT2D eigenvalue weighted by molar-refractivity contribution is 5.48. The van der Waals surface area contributed by atoms with Crippen LogP contribution in [0.4, 0.5) is 0 Å². The molecular formula is C12H16N2O2. The van der Waals surface area contributed by atoms with Crippen LogP contribution in [0.1, 0.15) is 31.0 Å². The third kappa shape index (κ3) is 2.16. The lowest BCUT2D eigenvalue weighted by molar-refractivity contribution is 0.131. The molecule has 0 aromatic heterocycles. The summed E-state index contributed by atoms with van der Waals surface area (Å²) in [4.78, 5) is 0. The van der Waals surface area contributed by atoms with Crippen molar-refractivity contribution in [2.45, 2.75) is 19.9 Å². The lowest BCUT2D eigenvalue weighted by Crippen LogP contribution is -2.32. The molecule has 0 saturated heterocycles. The second kappa shape index (κ2) is 4.52. The van der Waals surface area contributed by atoms with E-state index in [-0.39, 0.29) is 17.9 Å². The van der Waals surface area contributed by atoms with Crippen LogP contribution in [0.15, 0.2) is 18.2 Å². The highest BCUT2D eigenvalue weighted by Crippen LogP contribution is 2.36. The van der Waals surface area contributed by atoms with Crippen LogP contribution in [0.5, 0.6) is 5.75 Å². The summed E-state index contributed by atoms with van der Waals surface area (Å²) in [5.74, 6) is -0.0981. The van der Waals surface area contributed by atoms with Gasteiger partial charge in [0.1, 0.15) is 11.8 Å². The molecule has 0 radical (unpaired) electrons. The van der Waals surface area contributed by atoms with E-state index in [4.69, 9.17) is 11.0 Å². The SMILES string of the molecule is CC(C)(CO)[C@@H](N)c1cccc(C#N)c1O. The Kier molecular flexibility index (Phi) is 3.53. The maximum atomic E-state index is 9.83. The van der Waals surface area contributed by atoms with Crippen LogP contribution in [0.3, 0.4) is 0 Å². The fourth-order valence-electron chi connectivity index (χ4n) is 1.42. The number of para-hydroxylation sites is 1. The second-order valence-corrected chi connectivity index (χ2v) is 4.48. The highest BCUT2D eigenvalue weighted by Gasteiger charge is 2.29. The summed E-state index contributed by atoms with van der Waals surface area (Å²) in [6.45, 7) is 3.51. The Labute approximate surface area is 94.9 Å². The van der Waals surface area contributed by atoms with Crippen molar-refractivity contribution in [1.82, 2.24) is 0 Å². The molecule has 1 aromatic rings. The number of hydrogen-bond donors (Lipinski definition) is 3. The molecule has 0 aliphatic heterocycles. The van der Waals surface area contributed by atoms with E-state index in [0.29, 0.717) is 5.56 Å². The van der Waals surface area contributed by atoms with E-state index in [9.17, 15) is 10.2 Å². The van der Waals surface area contributed by atoms with Gasteiger partial charge < -0.3 is 15.9 Å². The predicted octanol–water partition coefficient (Wildman–Crippen LogP) is 1.28. The number of nitriles is 1. The average molecular weight is 220 g/mol. The van der Waals surface area contributed by atoms with Crippen LogP contribution >= 0.6 is 0 Å². The highest BCUT2D eigenvalue weighted by atomic mass is 16.3. The molecule has 1 atom stereocenters. The van der Waals surface area contributed by atoms with Gasteiger partial charge in [0.05, 0.1) is 5.56 Å². The summed E-state index contributed by atoms with van der Waals surface area (Å²) < 4.78 is 0. The van der Waals surface area contributed by atoms with Crippen LogP contribution in [0.2, 0.25) is 0 Å². The van der Waals surface area contributed by atoms with Crippen molar-refractivity contribution < 1.29 is 10.2 Å². The van der Waals surface area contributed by atoms with Gasteiger partial charge in [-0.05, 0) is 6.07 Å². The van der Waals surface area contributed by atoms with Crippen LogP contribution < -0.4 is 5.73 Å². The van der Waals surface area contributed by atoms with Crippen LogP contribution in [-0.4, -0.2) is 16.8 Å². The Hall–Kier alpha value is -1.57. The summed E-state index contributed by atoms with van der Waals surface area (Å²) in [5, 5.41) is 27.8. The Morgan fingerprint density at radius 1 is 1.50 bits per heavy atom. The number of phenolic OH excluding ortho intramolecular Hbond substituents is 1. The fourth-order valence-corrected chi connectivity index (χ4v) is 1.42. The number of benzene rings is 1. The molecule has 0 heterocycles. The Morgan fingerprint density at radius 3 is 2.62 bits per heavy atom. The van der Waals surface area contributed by atoms with Crippen molar-refractivity contribution in [1.29, 1.82) is 5.26 Å². The number of phenols is 1. The maximum absolute atomic E-state index is 9.83. The molecule has 0 amide bonds. The van der Waals surface area contributed by atoms with Gasteiger partial charge in [0.15, 0.2) is 0 Å². The van der Waals surface area contributed by atoms with E-state index in [2.05, 4.69) is 0 Å². The topological polar surface area (TPSA) is 90.3 Å². The van der Waals surface area contributed by atoms with E-state index in [0.717, 1.165) is 0 Å². The van der Waals surface area contributed by atoms with Gasteiger partial charge in [-0.1, -0.05) is 26.0 Å². The van der Waals surface area contributed by atoms with E-state index in [1.807, 2.05) is 6.07 Å². The molecule has 1 rings (SSSR count). The Balaban J connectivity index is 3.20. The molecular weight excluding hydrogens is 204 g/mol. The summed E-state index contributed by atoms with van der Waals surface area (Å²) in [6.07, 6.45) is 0. The minimum atomic E-state index is -0.550. The molecule has 4 heteroatoms. The number of aromatic hydroxyl groups is 1. The van der Waals surface area contributed by atoms with Gasteiger partial charge in [-0.3, -0.25) is 0 Å². The van der Waals surface area contributed by atoms with E-state index < -0.39 is 11.5 Å². The van der Waals surface area contributed by atoms with Gasteiger partial charge in [-0.2, -0.15) is 5.26 Å². The Morgan fingerprint density at radius 2 is 2.12 bits per heavy atom. The minimum Gasteiger partial charge on any atom is -0.506 e. The number of aliphatic hydroxyl groups is 1. The van der Waals surface area contributed by atoms with Gasteiger partial charge in [0, 0.05) is 23.6 Å². The summed E-state index contributed by atoms with van der Waals surface area (Å²) >= 11 is 0. The zero-order chi connectivity index (χ0) is 12.3. The molecule has 4 N–H and O–H groups in total. The Bertz CT molecular complexity index is 422. The monoisotopic (exact) mass is 220 g/mol. The zero-order valence-corrected chi connectivity index (χ0v) is 9.44. The molecule has 0 aliphatic carbocycles. The maximum Gasteiger partial charge on any atom is 0.138 e. The van der Waals surface area contributed by atoms with Crippen molar-refractivity contribution in [3.05, 3.63) is 29.3 Å². The van der Waals surface area contributed by atoms with Crippen molar-refractivity contribution in [2.75, 3.05) is 6.61 Å². The molecule has 86 valence electrons. The third-order valence-electron chi connectivity index (χ3n) is 2.77. The number of aliphatic hydroxyl groups excluding tert-OH is 1. The van der Waals surface area contributed by atoms with Gasteiger partial charge >= 0.3 is 0 Å². The second-order valence-electron chi connectivity index (χ2n) is 4.48. The molecule has 0 spiro atoms. The van der Waals surface area contributed by atoms with E-state index in [1.165, 1.54) is 6.07 Å². The first-order valence-electron chi connectivity index (χ1n) is 5.02. The number of nitrogens with two attached hydrogens (primary N) is 1. The average Bonchev–Trinajstić information content (AvgIpc) is 2.28. The predicted molar refractivity (Wildman–Crippen MR) is 60.6 cm³/mol. The molecule has 0 aliphatic rings. The summed E-state index contributed by atoms with van der Waals surface area (Å²) in [5.41, 5.74) is 6.11. The van der Waals surface area contributed by atoms with Gasteiger partial charge in [-0.15, -0.1) is 0 Å². The molecule has 0 fully saturated rings. The van der Waals surface area contributed by atoms with Gasteiger partial charge in [-0.25, -0.2) is 0 Å². The lowest BCUT2D eigenvalue weighted by Gasteiger charge is -2.30. The quantitative estimate of drug-likeness (QED) is 0.715. The van der Waals surface area contributed by atoms with Crippen LogP contribution in [0, 0.1) is 16.7 Å². The first-order chi connectivity index (χ1) is 7.44. The number of nitrogens with zero attached hydrogens (tertiary/aromatic N) is 1. The first-order valence-corrected chi connectivity index (χ1v) is 5.02. The van der Waals surface area contributed by atoms with Crippen molar-refractivity contribution >= 4 is 0 Å².